The maximum absolute atomic E-state index is 8.65. The number of hydrogen-bond donors (Lipinski definition) is 0. The molecule has 0 saturated heterocycles. The molecule has 0 unspecified atom stereocenters. The summed E-state index contributed by atoms with van der Waals surface area (Å²) >= 11 is 0. The minimum atomic E-state index is 0.425. The Bertz CT molecular complexity index is 367. The molecule has 1 rings (SSSR count). The molecular weight excluding hydrogens is 202 g/mol. The molecule has 16 heavy (non-hydrogen) atoms. The number of nitriles is 1. The third kappa shape index (κ3) is 3.37. The Kier molecular flexibility index (Phi) is 5.03. The van der Waals surface area contributed by atoms with Crippen molar-refractivity contribution in [3.05, 3.63) is 36.7 Å². The van der Waals surface area contributed by atoms with Crippen molar-refractivity contribution in [3.63, 3.8) is 0 Å². The van der Waals surface area contributed by atoms with Crippen LogP contribution in [-0.2, 0) is 4.74 Å². The first-order valence-electron chi connectivity index (χ1n) is 5.02. The Hall–Kier alpha value is -1.86. The molecule has 4 heteroatoms. The van der Waals surface area contributed by atoms with Crippen molar-refractivity contribution >= 4 is 5.69 Å². The molecule has 4 nitrogen and oxygen atoms in total. The van der Waals surface area contributed by atoms with E-state index in [-0.39, 0.29) is 0 Å². The maximum Gasteiger partial charge on any atom is 0.140 e. The zero-order chi connectivity index (χ0) is 11.8. The number of anilines is 1. The molecule has 0 radical (unpaired) electrons. The Morgan fingerprint density at radius 3 is 2.94 bits per heavy atom. The fourth-order valence-corrected chi connectivity index (χ4v) is 1.32. The highest BCUT2D eigenvalue weighted by atomic mass is 16.5. The second kappa shape index (κ2) is 6.59. The smallest absolute Gasteiger partial charge is 0.140 e. The number of aromatic nitrogens is 1. The van der Waals surface area contributed by atoms with E-state index in [0.717, 1.165) is 18.8 Å². The van der Waals surface area contributed by atoms with Gasteiger partial charge in [-0.05, 0) is 12.1 Å². The average Bonchev–Trinajstić information content (AvgIpc) is 2.35. The Balaban J connectivity index is 2.75. The molecule has 0 aromatic carbocycles. The van der Waals surface area contributed by atoms with Crippen LogP contribution in [0.3, 0.4) is 0 Å². The summed E-state index contributed by atoms with van der Waals surface area (Å²) < 4.78 is 5.04. The van der Waals surface area contributed by atoms with Crippen LogP contribution in [0.2, 0.25) is 0 Å². The molecule has 0 bridgehead atoms. The fourth-order valence-electron chi connectivity index (χ4n) is 1.32. The second-order valence-corrected chi connectivity index (χ2v) is 3.24. The second-order valence-electron chi connectivity index (χ2n) is 3.24. The van der Waals surface area contributed by atoms with Crippen LogP contribution in [0, 0.1) is 11.3 Å². The van der Waals surface area contributed by atoms with E-state index in [1.54, 1.807) is 19.4 Å². The standard InChI is InChI=1S/C12H15N3O/c1-3-6-15(7-8-16-2)12-5-4-11(9-13)14-10-12/h3-5,10H,1,6-8H2,2H3. The first-order chi connectivity index (χ1) is 7.81. The molecule has 1 heterocycles. The molecule has 0 aliphatic heterocycles. The van der Waals surface area contributed by atoms with Gasteiger partial charge in [-0.15, -0.1) is 6.58 Å². The Morgan fingerprint density at radius 1 is 1.62 bits per heavy atom. The van der Waals surface area contributed by atoms with Crippen molar-refractivity contribution in [2.75, 3.05) is 31.7 Å². The van der Waals surface area contributed by atoms with Gasteiger partial charge in [0, 0.05) is 20.2 Å². The predicted molar refractivity (Wildman–Crippen MR) is 63.2 cm³/mol. The maximum atomic E-state index is 8.65. The fraction of sp³-hybridized carbons (Fsp3) is 0.333. The number of rotatable bonds is 6. The Labute approximate surface area is 95.8 Å². The van der Waals surface area contributed by atoms with Crippen LogP contribution in [0.15, 0.2) is 31.0 Å². The van der Waals surface area contributed by atoms with Gasteiger partial charge in [-0.25, -0.2) is 4.98 Å². The summed E-state index contributed by atoms with van der Waals surface area (Å²) in [5, 5.41) is 8.65. The predicted octanol–water partition coefficient (Wildman–Crippen LogP) is 1.59. The van der Waals surface area contributed by atoms with Crippen LogP contribution in [0.25, 0.3) is 0 Å². The van der Waals surface area contributed by atoms with Gasteiger partial charge in [-0.3, -0.25) is 0 Å². The quantitative estimate of drug-likeness (QED) is 0.679. The van der Waals surface area contributed by atoms with Gasteiger partial charge in [0.25, 0.3) is 0 Å². The van der Waals surface area contributed by atoms with E-state index in [9.17, 15) is 0 Å². The topological polar surface area (TPSA) is 49.1 Å². The number of hydrogen-bond acceptors (Lipinski definition) is 4. The van der Waals surface area contributed by atoms with Crippen molar-refractivity contribution in [3.8, 4) is 6.07 Å². The van der Waals surface area contributed by atoms with E-state index in [4.69, 9.17) is 10.00 Å². The van der Waals surface area contributed by atoms with E-state index < -0.39 is 0 Å². The first kappa shape index (κ1) is 12.2. The van der Waals surface area contributed by atoms with Gasteiger partial charge in [0.15, 0.2) is 0 Å². The molecule has 0 aliphatic rings. The summed E-state index contributed by atoms with van der Waals surface area (Å²) in [6.45, 7) is 5.87. The van der Waals surface area contributed by atoms with Crippen LogP contribution in [-0.4, -0.2) is 31.8 Å². The van der Waals surface area contributed by atoms with E-state index in [1.165, 1.54) is 0 Å². The normalized spacial score (nSPS) is 9.50. The third-order valence-electron chi connectivity index (χ3n) is 2.14. The number of methoxy groups -OCH3 is 1. The Morgan fingerprint density at radius 2 is 2.44 bits per heavy atom. The van der Waals surface area contributed by atoms with E-state index in [1.807, 2.05) is 18.2 Å². The molecule has 0 aliphatic carbocycles. The van der Waals surface area contributed by atoms with Crippen molar-refractivity contribution in [1.82, 2.24) is 4.98 Å². The van der Waals surface area contributed by atoms with Crippen molar-refractivity contribution in [1.29, 1.82) is 5.26 Å². The molecule has 0 fully saturated rings. The molecule has 0 atom stereocenters. The molecule has 1 aromatic heterocycles. The van der Waals surface area contributed by atoms with Gasteiger partial charge in [0.1, 0.15) is 11.8 Å². The highest BCUT2D eigenvalue weighted by Crippen LogP contribution is 2.12. The molecule has 0 spiro atoms. The summed E-state index contributed by atoms with van der Waals surface area (Å²) in [4.78, 5) is 6.12. The van der Waals surface area contributed by atoms with Crippen LogP contribution in [0.4, 0.5) is 5.69 Å². The molecule has 1 aromatic rings. The molecular formula is C12H15N3O. The third-order valence-corrected chi connectivity index (χ3v) is 2.14. The molecule has 0 amide bonds. The van der Waals surface area contributed by atoms with Gasteiger partial charge in [-0.2, -0.15) is 5.26 Å². The van der Waals surface area contributed by atoms with Gasteiger partial charge in [0.2, 0.25) is 0 Å². The SMILES string of the molecule is C=CCN(CCOC)c1ccc(C#N)nc1. The zero-order valence-corrected chi connectivity index (χ0v) is 9.39. The van der Waals surface area contributed by atoms with E-state index in [2.05, 4.69) is 16.5 Å². The lowest BCUT2D eigenvalue weighted by atomic mass is 10.3. The van der Waals surface area contributed by atoms with Crippen LogP contribution in [0.5, 0.6) is 0 Å². The number of ether oxygens (including phenoxy) is 1. The number of pyridine rings is 1. The van der Waals surface area contributed by atoms with E-state index in [0.29, 0.717) is 12.3 Å². The monoisotopic (exact) mass is 217 g/mol. The minimum Gasteiger partial charge on any atom is -0.383 e. The summed E-state index contributed by atoms with van der Waals surface area (Å²) in [6, 6.07) is 5.58. The first-order valence-corrected chi connectivity index (χ1v) is 5.02. The lowest BCUT2D eigenvalue weighted by Crippen LogP contribution is -2.27. The van der Waals surface area contributed by atoms with Gasteiger partial charge < -0.3 is 9.64 Å². The zero-order valence-electron chi connectivity index (χ0n) is 9.39. The van der Waals surface area contributed by atoms with Crippen LogP contribution >= 0.6 is 0 Å². The highest BCUT2D eigenvalue weighted by Gasteiger charge is 2.04. The summed E-state index contributed by atoms with van der Waals surface area (Å²) in [5.41, 5.74) is 1.39. The van der Waals surface area contributed by atoms with E-state index >= 15 is 0 Å². The molecule has 0 saturated carbocycles. The summed E-state index contributed by atoms with van der Waals surface area (Å²) in [5.74, 6) is 0. The van der Waals surface area contributed by atoms with Gasteiger partial charge in [0.05, 0.1) is 18.5 Å². The van der Waals surface area contributed by atoms with Crippen molar-refractivity contribution in [2.24, 2.45) is 0 Å². The lowest BCUT2D eigenvalue weighted by Gasteiger charge is -2.22. The largest absolute Gasteiger partial charge is 0.383 e. The van der Waals surface area contributed by atoms with Crippen LogP contribution < -0.4 is 4.90 Å². The molecule has 84 valence electrons. The van der Waals surface area contributed by atoms with Crippen molar-refractivity contribution in [2.45, 2.75) is 0 Å². The molecule has 0 N–H and O–H groups in total. The average molecular weight is 217 g/mol. The van der Waals surface area contributed by atoms with Crippen molar-refractivity contribution < 1.29 is 4.74 Å². The van der Waals surface area contributed by atoms with Crippen LogP contribution in [0.1, 0.15) is 5.69 Å². The summed E-state index contributed by atoms with van der Waals surface area (Å²) in [6.07, 6.45) is 3.52. The van der Waals surface area contributed by atoms with Gasteiger partial charge >= 0.3 is 0 Å². The lowest BCUT2D eigenvalue weighted by molar-refractivity contribution is 0.206. The number of nitrogens with zero attached hydrogens (tertiary/aromatic N) is 3. The minimum absolute atomic E-state index is 0.425. The van der Waals surface area contributed by atoms with Gasteiger partial charge in [-0.1, -0.05) is 6.08 Å². The highest BCUT2D eigenvalue weighted by molar-refractivity contribution is 5.46. The summed E-state index contributed by atoms with van der Waals surface area (Å²) in [7, 11) is 1.67.